The molecule has 0 unspecified atom stereocenters. The summed E-state index contributed by atoms with van der Waals surface area (Å²) < 4.78 is 0. The van der Waals surface area contributed by atoms with Crippen LogP contribution in [0.15, 0.2) is 30.3 Å². The molecule has 1 fully saturated rings. The Balaban J connectivity index is 2.24. The van der Waals surface area contributed by atoms with Gasteiger partial charge in [-0.05, 0) is 37.3 Å². The molecule has 0 N–H and O–H groups in total. The Morgan fingerprint density at radius 3 is 2.70 bits per heavy atom. The van der Waals surface area contributed by atoms with Crippen molar-refractivity contribution in [1.29, 1.82) is 5.26 Å². The number of nitriles is 1. The molecule has 108 valence electrons. The van der Waals surface area contributed by atoms with Gasteiger partial charge in [0.25, 0.3) is 0 Å². The van der Waals surface area contributed by atoms with Gasteiger partial charge in [0.15, 0.2) is 0 Å². The maximum Gasteiger partial charge on any atom is 0.128 e. The largest absolute Gasteiger partial charge is 0.353 e. The van der Waals surface area contributed by atoms with Gasteiger partial charge in [0.1, 0.15) is 5.54 Å². The minimum absolute atomic E-state index is 0.297. The summed E-state index contributed by atoms with van der Waals surface area (Å²) in [5.41, 5.74) is 0.909. The van der Waals surface area contributed by atoms with Crippen LogP contribution in [0.1, 0.15) is 52.4 Å². The van der Waals surface area contributed by atoms with Crippen LogP contribution in [0.25, 0.3) is 0 Å². The van der Waals surface area contributed by atoms with Crippen molar-refractivity contribution < 1.29 is 0 Å². The third-order valence-corrected chi connectivity index (χ3v) is 4.52. The van der Waals surface area contributed by atoms with Crippen molar-refractivity contribution in [2.45, 2.75) is 57.9 Å². The SMILES string of the molecule is CCCCC[C@]1(C#N)C[C@H](C)CCN1c1ccccc1. The van der Waals surface area contributed by atoms with E-state index >= 15 is 0 Å². The van der Waals surface area contributed by atoms with E-state index in [1.807, 2.05) is 6.07 Å². The molecule has 2 atom stereocenters. The molecule has 0 saturated carbocycles. The second kappa shape index (κ2) is 6.79. The van der Waals surface area contributed by atoms with Crippen molar-refractivity contribution in [3.8, 4) is 6.07 Å². The summed E-state index contributed by atoms with van der Waals surface area (Å²) in [6.07, 6.45) is 6.77. The molecule has 1 aromatic carbocycles. The van der Waals surface area contributed by atoms with Gasteiger partial charge in [-0.3, -0.25) is 0 Å². The zero-order valence-electron chi connectivity index (χ0n) is 12.8. The molecule has 2 heteroatoms. The minimum Gasteiger partial charge on any atom is -0.353 e. The number of para-hydroxylation sites is 1. The van der Waals surface area contributed by atoms with Crippen LogP contribution in [0.5, 0.6) is 0 Å². The van der Waals surface area contributed by atoms with Gasteiger partial charge in [0, 0.05) is 12.2 Å². The lowest BCUT2D eigenvalue weighted by Gasteiger charge is -2.46. The molecule has 1 aromatic rings. The van der Waals surface area contributed by atoms with Gasteiger partial charge in [-0.25, -0.2) is 0 Å². The number of piperidine rings is 1. The molecule has 2 nitrogen and oxygen atoms in total. The second-order valence-electron chi connectivity index (χ2n) is 6.19. The Morgan fingerprint density at radius 1 is 1.30 bits per heavy atom. The van der Waals surface area contributed by atoms with Crippen molar-refractivity contribution >= 4 is 5.69 Å². The zero-order valence-corrected chi connectivity index (χ0v) is 12.8. The number of hydrogen-bond acceptors (Lipinski definition) is 2. The quantitative estimate of drug-likeness (QED) is 0.721. The normalized spacial score (nSPS) is 26.2. The number of anilines is 1. The first kappa shape index (κ1) is 14.9. The van der Waals surface area contributed by atoms with E-state index in [9.17, 15) is 5.26 Å². The first-order chi connectivity index (χ1) is 9.72. The minimum atomic E-state index is -0.297. The molecule has 2 rings (SSSR count). The van der Waals surface area contributed by atoms with E-state index in [2.05, 4.69) is 49.1 Å². The Labute approximate surface area is 123 Å². The maximum absolute atomic E-state index is 9.90. The standard InChI is InChI=1S/C18H26N2/c1-3-4-8-12-18(15-19)14-16(2)11-13-20(18)17-9-6-5-7-10-17/h5-7,9-10,16H,3-4,8,11-14H2,1-2H3/t16-,18-/m1/s1. The van der Waals surface area contributed by atoms with Crippen molar-refractivity contribution in [3.05, 3.63) is 30.3 Å². The number of benzene rings is 1. The monoisotopic (exact) mass is 270 g/mol. The van der Waals surface area contributed by atoms with E-state index < -0.39 is 0 Å². The van der Waals surface area contributed by atoms with Crippen LogP contribution in [0.3, 0.4) is 0 Å². The van der Waals surface area contributed by atoms with E-state index in [0.29, 0.717) is 5.92 Å². The summed E-state index contributed by atoms with van der Waals surface area (Å²) in [6.45, 7) is 5.51. The van der Waals surface area contributed by atoms with Crippen LogP contribution >= 0.6 is 0 Å². The molecule has 0 radical (unpaired) electrons. The van der Waals surface area contributed by atoms with Crippen molar-refractivity contribution in [3.63, 3.8) is 0 Å². The van der Waals surface area contributed by atoms with E-state index in [1.54, 1.807) is 0 Å². The van der Waals surface area contributed by atoms with Crippen LogP contribution in [-0.2, 0) is 0 Å². The smallest absolute Gasteiger partial charge is 0.128 e. The fourth-order valence-electron chi connectivity index (χ4n) is 3.40. The van der Waals surface area contributed by atoms with Gasteiger partial charge in [0.05, 0.1) is 6.07 Å². The summed E-state index contributed by atoms with van der Waals surface area (Å²) in [4.78, 5) is 2.36. The summed E-state index contributed by atoms with van der Waals surface area (Å²) in [5.74, 6) is 0.649. The van der Waals surface area contributed by atoms with Gasteiger partial charge in [-0.2, -0.15) is 5.26 Å². The van der Waals surface area contributed by atoms with Gasteiger partial charge in [-0.15, -0.1) is 0 Å². The highest BCUT2D eigenvalue weighted by Crippen LogP contribution is 2.38. The number of hydrogen-bond donors (Lipinski definition) is 0. The predicted molar refractivity (Wildman–Crippen MR) is 84.7 cm³/mol. The average molecular weight is 270 g/mol. The van der Waals surface area contributed by atoms with E-state index in [-0.39, 0.29) is 5.54 Å². The average Bonchev–Trinajstić information content (AvgIpc) is 2.48. The van der Waals surface area contributed by atoms with Crippen LogP contribution in [-0.4, -0.2) is 12.1 Å². The molecule has 0 amide bonds. The fraction of sp³-hybridized carbons (Fsp3) is 0.611. The van der Waals surface area contributed by atoms with Crippen LogP contribution in [0, 0.1) is 17.2 Å². The molecule has 1 aliphatic heterocycles. The number of nitrogens with zero attached hydrogens (tertiary/aromatic N) is 2. The molecule has 1 heterocycles. The molecule has 0 bridgehead atoms. The topological polar surface area (TPSA) is 27.0 Å². The molecule has 1 aliphatic rings. The molecule has 0 aliphatic carbocycles. The molecular formula is C18H26N2. The van der Waals surface area contributed by atoms with Crippen molar-refractivity contribution in [1.82, 2.24) is 0 Å². The molecule has 0 aromatic heterocycles. The van der Waals surface area contributed by atoms with E-state index in [1.165, 1.54) is 24.9 Å². The van der Waals surface area contributed by atoms with Gasteiger partial charge in [-0.1, -0.05) is 51.3 Å². The molecule has 0 spiro atoms. The third-order valence-electron chi connectivity index (χ3n) is 4.52. The lowest BCUT2D eigenvalue weighted by molar-refractivity contribution is 0.285. The summed E-state index contributed by atoms with van der Waals surface area (Å²) in [7, 11) is 0. The maximum atomic E-state index is 9.90. The van der Waals surface area contributed by atoms with E-state index in [4.69, 9.17) is 0 Å². The predicted octanol–water partition coefficient (Wildman–Crippen LogP) is 4.77. The highest BCUT2D eigenvalue weighted by molar-refractivity contribution is 5.52. The highest BCUT2D eigenvalue weighted by atomic mass is 15.2. The van der Waals surface area contributed by atoms with Crippen molar-refractivity contribution in [2.24, 2.45) is 5.92 Å². The first-order valence-electron chi connectivity index (χ1n) is 7.96. The lowest BCUT2D eigenvalue weighted by atomic mass is 9.78. The Kier molecular flexibility index (Phi) is 5.06. The van der Waals surface area contributed by atoms with Gasteiger partial charge < -0.3 is 4.90 Å². The Morgan fingerprint density at radius 2 is 2.05 bits per heavy atom. The van der Waals surface area contributed by atoms with Crippen LogP contribution < -0.4 is 4.90 Å². The summed E-state index contributed by atoms with van der Waals surface area (Å²) >= 11 is 0. The Bertz CT molecular complexity index is 448. The van der Waals surface area contributed by atoms with Crippen molar-refractivity contribution in [2.75, 3.05) is 11.4 Å². The molecule has 20 heavy (non-hydrogen) atoms. The fourth-order valence-corrected chi connectivity index (χ4v) is 3.40. The number of rotatable bonds is 5. The molecule has 1 saturated heterocycles. The first-order valence-corrected chi connectivity index (χ1v) is 7.96. The zero-order chi connectivity index (χ0) is 14.4. The number of unbranched alkanes of at least 4 members (excludes halogenated alkanes) is 2. The van der Waals surface area contributed by atoms with E-state index in [0.717, 1.165) is 25.8 Å². The lowest BCUT2D eigenvalue weighted by Crippen LogP contribution is -2.53. The summed E-state index contributed by atoms with van der Waals surface area (Å²) in [5, 5.41) is 9.90. The Hall–Kier alpha value is -1.49. The molecular weight excluding hydrogens is 244 g/mol. The van der Waals surface area contributed by atoms with Gasteiger partial charge >= 0.3 is 0 Å². The second-order valence-corrected chi connectivity index (χ2v) is 6.19. The van der Waals surface area contributed by atoms with Crippen LogP contribution in [0.4, 0.5) is 5.69 Å². The van der Waals surface area contributed by atoms with Gasteiger partial charge in [0.2, 0.25) is 0 Å². The summed E-state index contributed by atoms with van der Waals surface area (Å²) in [6, 6.07) is 13.1. The van der Waals surface area contributed by atoms with Crippen LogP contribution in [0.2, 0.25) is 0 Å². The highest BCUT2D eigenvalue weighted by Gasteiger charge is 2.41. The third kappa shape index (κ3) is 3.15.